The van der Waals surface area contributed by atoms with Gasteiger partial charge in [0, 0.05) is 10.8 Å². The van der Waals surface area contributed by atoms with E-state index in [0.717, 1.165) is 37.1 Å². The number of aryl methyl sites for hydroxylation is 2. The zero-order valence-corrected chi connectivity index (χ0v) is 14.6. The van der Waals surface area contributed by atoms with Gasteiger partial charge in [-0.25, -0.2) is 4.98 Å². The Balaban J connectivity index is 1.70. The van der Waals surface area contributed by atoms with Gasteiger partial charge in [-0.05, 0) is 43.7 Å². The average Bonchev–Trinajstić information content (AvgIpc) is 2.84. The van der Waals surface area contributed by atoms with E-state index >= 15 is 0 Å². The zero-order chi connectivity index (χ0) is 15.5. The van der Waals surface area contributed by atoms with Crippen molar-refractivity contribution in [3.05, 3.63) is 57.7 Å². The summed E-state index contributed by atoms with van der Waals surface area (Å²) in [5, 5.41) is 11.3. The Labute approximate surface area is 142 Å². The summed E-state index contributed by atoms with van der Waals surface area (Å²) in [4.78, 5) is 5.52. The van der Waals surface area contributed by atoms with Gasteiger partial charge < -0.3 is 0 Å². The fourth-order valence-corrected chi connectivity index (χ4v) is 3.93. The number of halogens is 1. The smallest absolute Gasteiger partial charge is 0.119 e. The summed E-state index contributed by atoms with van der Waals surface area (Å²) in [6.07, 6.45) is 0. The predicted molar refractivity (Wildman–Crippen MR) is 93.6 cm³/mol. The number of aromatic nitrogens is 3. The molecule has 1 aromatic carbocycles. The topological polar surface area (TPSA) is 38.7 Å². The highest BCUT2D eigenvalue weighted by atomic mass is 35.5. The Bertz CT molecular complexity index is 784. The van der Waals surface area contributed by atoms with Gasteiger partial charge in [-0.15, -0.1) is 21.5 Å². The monoisotopic (exact) mass is 347 g/mol. The SMILES string of the molecule is Cc1nc(C)c(-c2ccc(SCc3cccc(Cl)c3)nn2)s1. The fourth-order valence-electron chi connectivity index (χ4n) is 2.07. The molecule has 0 spiro atoms. The lowest BCUT2D eigenvalue weighted by Gasteiger charge is -2.02. The molecule has 0 amide bonds. The van der Waals surface area contributed by atoms with Crippen LogP contribution < -0.4 is 0 Å². The number of hydrogen-bond acceptors (Lipinski definition) is 5. The van der Waals surface area contributed by atoms with Gasteiger partial charge in [0.05, 0.1) is 15.6 Å². The van der Waals surface area contributed by atoms with Crippen LogP contribution in [0.15, 0.2) is 41.4 Å². The van der Waals surface area contributed by atoms with Crippen molar-refractivity contribution in [3.8, 4) is 10.6 Å². The summed E-state index contributed by atoms with van der Waals surface area (Å²) in [7, 11) is 0. The van der Waals surface area contributed by atoms with Gasteiger partial charge in [0.2, 0.25) is 0 Å². The van der Waals surface area contributed by atoms with Crippen LogP contribution in [-0.4, -0.2) is 15.2 Å². The van der Waals surface area contributed by atoms with Crippen LogP contribution in [0.25, 0.3) is 10.6 Å². The summed E-state index contributed by atoms with van der Waals surface area (Å²) in [6, 6.07) is 11.9. The third kappa shape index (κ3) is 3.66. The molecule has 0 fully saturated rings. The Hall–Kier alpha value is -1.43. The summed E-state index contributed by atoms with van der Waals surface area (Å²) in [5.74, 6) is 0.827. The molecule has 3 rings (SSSR count). The summed E-state index contributed by atoms with van der Waals surface area (Å²) in [5.41, 5.74) is 3.07. The maximum absolute atomic E-state index is 5.99. The number of thiazole rings is 1. The second kappa shape index (κ2) is 6.77. The molecule has 0 saturated carbocycles. The molecule has 0 saturated heterocycles. The fraction of sp³-hybridized carbons (Fsp3) is 0.188. The summed E-state index contributed by atoms with van der Waals surface area (Å²) >= 11 is 9.29. The average molecular weight is 348 g/mol. The lowest BCUT2D eigenvalue weighted by molar-refractivity contribution is 0.935. The molecule has 3 aromatic rings. The van der Waals surface area contributed by atoms with E-state index < -0.39 is 0 Å². The summed E-state index contributed by atoms with van der Waals surface area (Å²) in [6.45, 7) is 4.01. The van der Waals surface area contributed by atoms with Crippen LogP contribution in [0.3, 0.4) is 0 Å². The maximum Gasteiger partial charge on any atom is 0.119 e. The molecular formula is C16H14ClN3S2. The minimum atomic E-state index is 0.760. The first-order chi connectivity index (χ1) is 10.6. The van der Waals surface area contributed by atoms with Gasteiger partial charge in [0.25, 0.3) is 0 Å². The molecule has 3 nitrogen and oxygen atoms in total. The molecule has 22 heavy (non-hydrogen) atoms. The Morgan fingerprint density at radius 3 is 2.64 bits per heavy atom. The first-order valence-electron chi connectivity index (χ1n) is 6.77. The molecule has 0 atom stereocenters. The van der Waals surface area contributed by atoms with E-state index in [1.807, 2.05) is 44.2 Å². The number of hydrogen-bond donors (Lipinski definition) is 0. The normalized spacial score (nSPS) is 10.9. The lowest BCUT2D eigenvalue weighted by Crippen LogP contribution is -1.90. The first kappa shape index (κ1) is 15.5. The van der Waals surface area contributed by atoms with Crippen molar-refractivity contribution in [2.75, 3.05) is 0 Å². The molecule has 0 bridgehead atoms. The van der Waals surface area contributed by atoms with Crippen LogP contribution >= 0.6 is 34.7 Å². The molecule has 112 valence electrons. The highest BCUT2D eigenvalue weighted by molar-refractivity contribution is 7.98. The van der Waals surface area contributed by atoms with Gasteiger partial charge in [0.1, 0.15) is 10.7 Å². The second-order valence-corrected chi connectivity index (χ2v) is 7.46. The minimum Gasteiger partial charge on any atom is -0.246 e. The molecule has 0 N–H and O–H groups in total. The third-order valence-electron chi connectivity index (χ3n) is 3.05. The van der Waals surface area contributed by atoms with Crippen molar-refractivity contribution < 1.29 is 0 Å². The minimum absolute atomic E-state index is 0.760. The standard InChI is InChI=1S/C16H14ClN3S2/c1-10-16(22-11(2)18-10)14-6-7-15(20-19-14)21-9-12-4-3-5-13(17)8-12/h3-8H,9H2,1-2H3. The molecule has 0 unspecified atom stereocenters. The molecular weight excluding hydrogens is 334 g/mol. The van der Waals surface area contributed by atoms with E-state index in [1.165, 1.54) is 5.56 Å². The van der Waals surface area contributed by atoms with Crippen LogP contribution in [0, 0.1) is 13.8 Å². The van der Waals surface area contributed by atoms with E-state index in [2.05, 4.69) is 21.2 Å². The number of nitrogens with zero attached hydrogens (tertiary/aromatic N) is 3. The van der Waals surface area contributed by atoms with Crippen LogP contribution in [0.5, 0.6) is 0 Å². The van der Waals surface area contributed by atoms with Crippen LogP contribution in [-0.2, 0) is 5.75 Å². The number of thioether (sulfide) groups is 1. The van der Waals surface area contributed by atoms with Crippen molar-refractivity contribution >= 4 is 34.7 Å². The number of benzene rings is 1. The quantitative estimate of drug-likeness (QED) is 0.611. The van der Waals surface area contributed by atoms with Gasteiger partial charge in [0.15, 0.2) is 0 Å². The van der Waals surface area contributed by atoms with Crippen molar-refractivity contribution in [3.63, 3.8) is 0 Å². The molecule has 2 heterocycles. The highest BCUT2D eigenvalue weighted by Crippen LogP contribution is 2.29. The predicted octanol–water partition coefficient (Wildman–Crippen LogP) is 5.16. The molecule has 0 aliphatic heterocycles. The lowest BCUT2D eigenvalue weighted by atomic mass is 10.2. The number of rotatable bonds is 4. The molecule has 0 aliphatic rings. The molecule has 2 aromatic heterocycles. The molecule has 6 heteroatoms. The van der Waals surface area contributed by atoms with Crippen molar-refractivity contribution in [1.29, 1.82) is 0 Å². The van der Waals surface area contributed by atoms with E-state index in [9.17, 15) is 0 Å². The third-order valence-corrected chi connectivity index (χ3v) is 5.37. The van der Waals surface area contributed by atoms with E-state index in [-0.39, 0.29) is 0 Å². The van der Waals surface area contributed by atoms with Crippen LogP contribution in [0.1, 0.15) is 16.3 Å². The van der Waals surface area contributed by atoms with Gasteiger partial charge in [-0.1, -0.05) is 35.5 Å². The van der Waals surface area contributed by atoms with E-state index in [0.29, 0.717) is 0 Å². The Morgan fingerprint density at radius 1 is 1.14 bits per heavy atom. The second-order valence-electron chi connectivity index (χ2n) is 4.82. The Morgan fingerprint density at radius 2 is 2.00 bits per heavy atom. The molecule has 0 radical (unpaired) electrons. The van der Waals surface area contributed by atoms with Gasteiger partial charge in [-0.3, -0.25) is 0 Å². The zero-order valence-electron chi connectivity index (χ0n) is 12.2. The van der Waals surface area contributed by atoms with Crippen LogP contribution in [0.4, 0.5) is 0 Å². The highest BCUT2D eigenvalue weighted by Gasteiger charge is 2.09. The summed E-state index contributed by atoms with van der Waals surface area (Å²) < 4.78 is 0. The van der Waals surface area contributed by atoms with Gasteiger partial charge in [-0.2, -0.15) is 0 Å². The first-order valence-corrected chi connectivity index (χ1v) is 8.95. The van der Waals surface area contributed by atoms with E-state index in [4.69, 9.17) is 11.6 Å². The van der Waals surface area contributed by atoms with Crippen molar-refractivity contribution in [1.82, 2.24) is 15.2 Å². The molecule has 0 aliphatic carbocycles. The van der Waals surface area contributed by atoms with E-state index in [1.54, 1.807) is 23.1 Å². The van der Waals surface area contributed by atoms with Gasteiger partial charge >= 0.3 is 0 Å². The maximum atomic E-state index is 5.99. The van der Waals surface area contributed by atoms with Crippen molar-refractivity contribution in [2.24, 2.45) is 0 Å². The largest absolute Gasteiger partial charge is 0.246 e. The Kier molecular flexibility index (Phi) is 4.76. The van der Waals surface area contributed by atoms with Crippen LogP contribution in [0.2, 0.25) is 5.02 Å². The van der Waals surface area contributed by atoms with Crippen molar-refractivity contribution in [2.45, 2.75) is 24.6 Å².